The molecule has 22 heavy (non-hydrogen) atoms. The Hall–Kier alpha value is -1.71. The molecule has 0 aromatic heterocycles. The van der Waals surface area contributed by atoms with Gasteiger partial charge < -0.3 is 15.1 Å². The predicted octanol–water partition coefficient (Wildman–Crippen LogP) is 2.78. The highest BCUT2D eigenvalue weighted by atomic mass is 16.2. The van der Waals surface area contributed by atoms with Gasteiger partial charge in [-0.3, -0.25) is 0 Å². The van der Waals surface area contributed by atoms with Crippen molar-refractivity contribution in [2.24, 2.45) is 0 Å². The first-order valence-corrected chi connectivity index (χ1v) is 8.71. The zero-order valence-electron chi connectivity index (χ0n) is 13.1. The third-order valence-corrected chi connectivity index (χ3v) is 5.46. The van der Waals surface area contributed by atoms with Gasteiger partial charge in [0.2, 0.25) is 0 Å². The van der Waals surface area contributed by atoms with E-state index in [1.807, 2.05) is 4.90 Å². The van der Waals surface area contributed by atoms with Gasteiger partial charge in [-0.05, 0) is 30.9 Å². The molecule has 4 rings (SSSR count). The van der Waals surface area contributed by atoms with Crippen molar-refractivity contribution in [3.8, 4) is 0 Å². The molecule has 1 aromatic rings. The molecule has 2 amide bonds. The van der Waals surface area contributed by atoms with Crippen LogP contribution in [0.4, 0.5) is 10.5 Å². The van der Waals surface area contributed by atoms with Crippen molar-refractivity contribution in [3.05, 3.63) is 29.8 Å². The quantitative estimate of drug-likeness (QED) is 0.865. The summed E-state index contributed by atoms with van der Waals surface area (Å²) in [6, 6.07) is 9.69. The fraction of sp³-hybridized carbons (Fsp3) is 0.611. The van der Waals surface area contributed by atoms with Gasteiger partial charge in [-0.25, -0.2) is 4.79 Å². The molecule has 4 nitrogen and oxygen atoms in total. The second-order valence-corrected chi connectivity index (χ2v) is 6.91. The van der Waals surface area contributed by atoms with E-state index in [9.17, 15) is 4.79 Å². The van der Waals surface area contributed by atoms with Crippen LogP contribution in [0.25, 0.3) is 0 Å². The molecule has 1 saturated heterocycles. The Labute approximate surface area is 132 Å². The van der Waals surface area contributed by atoms with Crippen LogP contribution in [-0.2, 0) is 6.42 Å². The molecule has 3 aliphatic rings. The highest BCUT2D eigenvalue weighted by Crippen LogP contribution is 2.33. The number of rotatable bonds is 1. The minimum atomic E-state index is 0.155. The monoisotopic (exact) mass is 299 g/mol. The lowest BCUT2D eigenvalue weighted by atomic mass is 9.96. The van der Waals surface area contributed by atoms with E-state index in [-0.39, 0.29) is 6.03 Å². The summed E-state index contributed by atoms with van der Waals surface area (Å²) in [6.45, 7) is 2.65. The van der Waals surface area contributed by atoms with Crippen molar-refractivity contribution in [2.45, 2.75) is 50.6 Å². The summed E-state index contributed by atoms with van der Waals surface area (Å²) >= 11 is 0. The molecule has 1 aliphatic carbocycles. The fourth-order valence-corrected chi connectivity index (χ4v) is 4.26. The summed E-state index contributed by atoms with van der Waals surface area (Å²) in [6.07, 6.45) is 7.23. The number of para-hydroxylation sites is 1. The number of urea groups is 1. The average molecular weight is 299 g/mol. The molecule has 1 atom stereocenters. The molecule has 118 valence electrons. The van der Waals surface area contributed by atoms with Crippen molar-refractivity contribution < 1.29 is 4.79 Å². The fourth-order valence-electron chi connectivity index (χ4n) is 4.26. The van der Waals surface area contributed by atoms with E-state index in [2.05, 4.69) is 34.5 Å². The number of piperazine rings is 1. The standard InChI is InChI=1S/C18H25N3O/c22-18(19-15-7-2-1-3-8-15)20-10-11-21-16(13-20)12-14-6-4-5-9-17(14)21/h4-6,9,15-16H,1-3,7-8,10-13H2,(H,19,22). The van der Waals surface area contributed by atoms with E-state index in [1.54, 1.807) is 0 Å². The van der Waals surface area contributed by atoms with Gasteiger partial charge in [0.15, 0.2) is 0 Å². The van der Waals surface area contributed by atoms with Gasteiger partial charge >= 0.3 is 6.03 Å². The average Bonchev–Trinajstić information content (AvgIpc) is 2.93. The summed E-state index contributed by atoms with van der Waals surface area (Å²) < 4.78 is 0. The maximum atomic E-state index is 12.5. The number of fused-ring (bicyclic) bond motifs is 3. The molecule has 0 bridgehead atoms. The molecule has 0 radical (unpaired) electrons. The SMILES string of the molecule is O=C(NC1CCCCC1)N1CCN2c3ccccc3CC2C1. The first-order valence-electron chi connectivity index (χ1n) is 8.71. The lowest BCUT2D eigenvalue weighted by molar-refractivity contribution is 0.179. The van der Waals surface area contributed by atoms with Crippen molar-refractivity contribution in [3.63, 3.8) is 0 Å². The largest absolute Gasteiger partial charge is 0.364 e. The first-order chi connectivity index (χ1) is 10.8. The van der Waals surface area contributed by atoms with Gasteiger partial charge in [0.25, 0.3) is 0 Å². The van der Waals surface area contributed by atoms with Crippen LogP contribution in [0.2, 0.25) is 0 Å². The smallest absolute Gasteiger partial charge is 0.317 e. The van der Waals surface area contributed by atoms with Crippen LogP contribution in [0.1, 0.15) is 37.7 Å². The number of anilines is 1. The van der Waals surface area contributed by atoms with Crippen molar-refractivity contribution in [2.75, 3.05) is 24.5 Å². The van der Waals surface area contributed by atoms with Crippen molar-refractivity contribution in [1.82, 2.24) is 10.2 Å². The highest BCUT2D eigenvalue weighted by Gasteiger charge is 2.35. The van der Waals surface area contributed by atoms with E-state index >= 15 is 0 Å². The van der Waals surface area contributed by atoms with Crippen LogP contribution >= 0.6 is 0 Å². The summed E-state index contributed by atoms with van der Waals surface area (Å²) in [5, 5.41) is 3.26. The second-order valence-electron chi connectivity index (χ2n) is 6.91. The third kappa shape index (κ3) is 2.55. The molecule has 2 fully saturated rings. The van der Waals surface area contributed by atoms with Gasteiger partial charge in [-0.2, -0.15) is 0 Å². The molecule has 1 unspecified atom stereocenters. The zero-order valence-corrected chi connectivity index (χ0v) is 13.1. The Bertz CT molecular complexity index is 553. The molecule has 1 aromatic carbocycles. The van der Waals surface area contributed by atoms with E-state index in [0.29, 0.717) is 12.1 Å². The van der Waals surface area contributed by atoms with Crippen LogP contribution in [-0.4, -0.2) is 42.6 Å². The number of nitrogens with one attached hydrogen (secondary N) is 1. The zero-order chi connectivity index (χ0) is 14.9. The van der Waals surface area contributed by atoms with Crippen molar-refractivity contribution >= 4 is 11.7 Å². The Morgan fingerprint density at radius 3 is 2.77 bits per heavy atom. The Morgan fingerprint density at radius 2 is 1.91 bits per heavy atom. The third-order valence-electron chi connectivity index (χ3n) is 5.46. The Balaban J connectivity index is 1.38. The second kappa shape index (κ2) is 5.82. The maximum Gasteiger partial charge on any atom is 0.317 e. The van der Waals surface area contributed by atoms with Crippen LogP contribution in [0, 0.1) is 0 Å². The lowest BCUT2D eigenvalue weighted by Gasteiger charge is -2.39. The molecular formula is C18H25N3O. The van der Waals surface area contributed by atoms with Gasteiger partial charge in [-0.1, -0.05) is 37.5 Å². The summed E-state index contributed by atoms with van der Waals surface area (Å²) in [4.78, 5) is 17.0. The number of carbonyl (C=O) groups excluding carboxylic acids is 1. The van der Waals surface area contributed by atoms with Crippen LogP contribution in [0.15, 0.2) is 24.3 Å². The maximum absolute atomic E-state index is 12.5. The minimum Gasteiger partial charge on any atom is -0.364 e. The minimum absolute atomic E-state index is 0.155. The summed E-state index contributed by atoms with van der Waals surface area (Å²) in [7, 11) is 0. The van der Waals surface area contributed by atoms with Gasteiger partial charge in [-0.15, -0.1) is 0 Å². The Kier molecular flexibility index (Phi) is 3.68. The lowest BCUT2D eigenvalue weighted by Crippen LogP contribution is -2.57. The van der Waals surface area contributed by atoms with Crippen LogP contribution < -0.4 is 10.2 Å². The van der Waals surface area contributed by atoms with Crippen molar-refractivity contribution in [1.29, 1.82) is 0 Å². The van der Waals surface area contributed by atoms with Gasteiger partial charge in [0, 0.05) is 31.4 Å². The number of hydrogen-bond acceptors (Lipinski definition) is 2. The molecule has 4 heteroatoms. The number of benzene rings is 1. The first kappa shape index (κ1) is 13.9. The molecule has 2 heterocycles. The topological polar surface area (TPSA) is 35.6 Å². The molecule has 1 N–H and O–H groups in total. The predicted molar refractivity (Wildman–Crippen MR) is 88.3 cm³/mol. The summed E-state index contributed by atoms with van der Waals surface area (Å²) in [5.41, 5.74) is 2.81. The van der Waals surface area contributed by atoms with E-state index < -0.39 is 0 Å². The molecular weight excluding hydrogens is 274 g/mol. The van der Waals surface area contributed by atoms with Gasteiger partial charge in [0.05, 0.1) is 6.04 Å². The summed E-state index contributed by atoms with van der Waals surface area (Å²) in [5.74, 6) is 0. The number of amides is 2. The Morgan fingerprint density at radius 1 is 1.09 bits per heavy atom. The number of nitrogens with zero attached hydrogens (tertiary/aromatic N) is 2. The van der Waals surface area contributed by atoms with Gasteiger partial charge in [0.1, 0.15) is 0 Å². The highest BCUT2D eigenvalue weighted by molar-refractivity contribution is 5.75. The molecule has 0 spiro atoms. The van der Waals surface area contributed by atoms with E-state index in [0.717, 1.165) is 38.9 Å². The number of carbonyl (C=O) groups is 1. The number of hydrogen-bond donors (Lipinski definition) is 1. The molecule has 2 aliphatic heterocycles. The van der Waals surface area contributed by atoms with Crippen LogP contribution in [0.5, 0.6) is 0 Å². The van der Waals surface area contributed by atoms with Crippen LogP contribution in [0.3, 0.4) is 0 Å². The van der Waals surface area contributed by atoms with E-state index in [4.69, 9.17) is 0 Å². The van der Waals surface area contributed by atoms with E-state index in [1.165, 1.54) is 30.5 Å². The molecule has 1 saturated carbocycles. The normalized spacial score (nSPS) is 24.8.